The van der Waals surface area contributed by atoms with Crippen LogP contribution in [0.1, 0.15) is 0 Å². The smallest absolute Gasteiger partial charge is 0.724 e. The van der Waals surface area contributed by atoms with Crippen LogP contribution in [0.5, 0.6) is 0 Å². The van der Waals surface area contributed by atoms with Crippen molar-refractivity contribution in [2.24, 2.45) is 0 Å². The first-order chi connectivity index (χ1) is 5.94. The predicted octanol–water partition coefficient (Wildman–Crippen LogP) is -4.25. The van der Waals surface area contributed by atoms with Crippen LogP contribution in [0, 0.1) is 0 Å². The Morgan fingerprint density at radius 3 is 1.29 bits per heavy atom. The van der Waals surface area contributed by atoms with Crippen molar-refractivity contribution in [2.45, 2.75) is 0 Å². The first kappa shape index (κ1) is 30.2. The van der Waals surface area contributed by atoms with Gasteiger partial charge in [-0.2, -0.15) is 8.42 Å². The normalized spacial score (nSPS) is 9.29. The minimum absolute atomic E-state index is 0. The van der Waals surface area contributed by atoms with E-state index in [1.54, 1.807) is 0 Å². The summed E-state index contributed by atoms with van der Waals surface area (Å²) in [6.45, 7) is 0. The molecule has 9 N–H and O–H groups in total. The third kappa shape index (κ3) is 64.4. The van der Waals surface area contributed by atoms with Crippen LogP contribution in [-0.2, 0) is 29.5 Å². The van der Waals surface area contributed by atoms with Gasteiger partial charge in [0.25, 0.3) is 0 Å². The molecule has 0 atom stereocenters. The topological polar surface area (TPSA) is 258 Å². The predicted molar refractivity (Wildman–Crippen MR) is 44.1 cm³/mol. The average Bonchev–Trinajstić information content (AvgIpc) is 1.79. The number of carboxylic acid groups (broad SMARTS) is 2. The molecule has 0 bridgehead atoms. The second-order valence-electron chi connectivity index (χ2n) is 1.25. The second kappa shape index (κ2) is 12.4. The molecule has 0 unspecified atom stereocenters. The number of hydrogen-bond acceptors (Lipinski definition) is 10. The SMILES string of the molecule is N.N.O=C(O)O.O=S(=O)([O-])OOS(=O)(=O)O.[Na+]. The van der Waals surface area contributed by atoms with E-state index in [4.69, 9.17) is 19.6 Å². The van der Waals surface area contributed by atoms with Crippen LogP contribution in [0.4, 0.5) is 4.79 Å². The molecule has 0 saturated carbocycles. The molecule has 0 aromatic rings. The summed E-state index contributed by atoms with van der Waals surface area (Å²) in [5.41, 5.74) is 0. The Balaban J connectivity index is -0.0000000607. The maximum atomic E-state index is 9.48. The standard InChI is InChI=1S/CH2O3.2H3N.Na.H2O8S2/c2-1(3)4;;;;1-9(2,3)7-8-10(4,5)6/h(H2,2,3,4);2*1H3;;(H,1,2,3)(H,4,5,6)/q;;;+1;/p-1. The van der Waals surface area contributed by atoms with Crippen molar-refractivity contribution in [1.82, 2.24) is 12.3 Å². The average molecular weight is 312 g/mol. The van der Waals surface area contributed by atoms with E-state index in [9.17, 15) is 21.4 Å². The molecule has 0 heterocycles. The third-order valence-electron chi connectivity index (χ3n) is 0.197. The molecule has 0 aromatic heterocycles. The van der Waals surface area contributed by atoms with E-state index in [2.05, 4.69) is 8.67 Å². The number of carbonyl (C=O) groups is 1. The summed E-state index contributed by atoms with van der Waals surface area (Å²) >= 11 is 0. The van der Waals surface area contributed by atoms with Gasteiger partial charge in [0, 0.05) is 0 Å². The van der Waals surface area contributed by atoms with Crippen LogP contribution >= 0.6 is 0 Å². The fourth-order valence-electron chi connectivity index (χ4n) is 0.0691. The molecule has 0 aliphatic heterocycles. The molecule has 0 rings (SSSR count). The maximum absolute atomic E-state index is 9.48. The zero-order valence-corrected chi connectivity index (χ0v) is 12.0. The molecular weight excluding hydrogens is 303 g/mol. The molecule has 0 aromatic carbocycles. The summed E-state index contributed by atoms with van der Waals surface area (Å²) in [7, 11) is -10.3. The van der Waals surface area contributed by atoms with Gasteiger partial charge in [-0.05, 0) is 0 Å². The summed E-state index contributed by atoms with van der Waals surface area (Å²) in [6.07, 6.45) is -1.83. The monoisotopic (exact) mass is 312 g/mol. The molecule has 13 nitrogen and oxygen atoms in total. The summed E-state index contributed by atoms with van der Waals surface area (Å²) < 4.78 is 60.2. The van der Waals surface area contributed by atoms with Gasteiger partial charge in [0.05, 0.1) is 0 Å². The molecule has 0 fully saturated rings. The van der Waals surface area contributed by atoms with Gasteiger partial charge in [0.15, 0.2) is 0 Å². The van der Waals surface area contributed by atoms with E-state index < -0.39 is 27.0 Å². The molecule has 0 radical (unpaired) electrons. The summed E-state index contributed by atoms with van der Waals surface area (Å²) in [6, 6.07) is 0. The molecular formula is CH9N2NaO11S2. The Hall–Kier alpha value is -0.0700. The largest absolute Gasteiger partial charge is 1.00 e. The van der Waals surface area contributed by atoms with Gasteiger partial charge in [-0.3, -0.25) is 4.55 Å². The maximum Gasteiger partial charge on any atom is 1.00 e. The molecule has 16 heteroatoms. The van der Waals surface area contributed by atoms with Gasteiger partial charge in [-0.15, -0.1) is 0 Å². The van der Waals surface area contributed by atoms with Gasteiger partial charge in [-0.1, -0.05) is 8.67 Å². The Bertz CT molecular complexity index is 334. The van der Waals surface area contributed by atoms with Crippen molar-refractivity contribution in [3.63, 3.8) is 0 Å². The van der Waals surface area contributed by atoms with Crippen molar-refractivity contribution in [2.75, 3.05) is 0 Å². The molecule has 0 amide bonds. The second-order valence-corrected chi connectivity index (χ2v) is 3.20. The molecule has 0 spiro atoms. The van der Waals surface area contributed by atoms with Crippen LogP contribution < -0.4 is 41.9 Å². The van der Waals surface area contributed by atoms with Gasteiger partial charge in [0.1, 0.15) is 0 Å². The van der Waals surface area contributed by atoms with E-state index >= 15 is 0 Å². The minimum atomic E-state index is -5.27. The number of rotatable bonds is 3. The minimum Gasteiger partial charge on any atom is -0.724 e. The van der Waals surface area contributed by atoms with Crippen LogP contribution in [0.2, 0.25) is 0 Å². The zero-order chi connectivity index (χ0) is 12.0. The van der Waals surface area contributed by atoms with E-state index in [0.29, 0.717) is 0 Å². The van der Waals surface area contributed by atoms with Crippen LogP contribution in [-0.4, -0.2) is 42.3 Å². The van der Waals surface area contributed by atoms with Crippen molar-refractivity contribution >= 4 is 27.0 Å². The summed E-state index contributed by atoms with van der Waals surface area (Å²) in [5, 5.41) is 13.9. The first-order valence-electron chi connectivity index (χ1n) is 2.17. The van der Waals surface area contributed by atoms with E-state index in [0.717, 1.165) is 0 Å². The summed E-state index contributed by atoms with van der Waals surface area (Å²) in [4.78, 5) is 8.56. The van der Waals surface area contributed by atoms with Crippen molar-refractivity contribution in [1.29, 1.82) is 0 Å². The van der Waals surface area contributed by atoms with Gasteiger partial charge in [-0.25, -0.2) is 13.2 Å². The summed E-state index contributed by atoms with van der Waals surface area (Å²) in [5.74, 6) is 0. The van der Waals surface area contributed by atoms with E-state index in [-0.39, 0.29) is 41.9 Å². The fraction of sp³-hybridized carbons (Fsp3) is 0. The van der Waals surface area contributed by atoms with Gasteiger partial charge in [0.2, 0.25) is 10.4 Å². The van der Waals surface area contributed by atoms with Gasteiger partial charge < -0.3 is 27.1 Å². The molecule has 17 heavy (non-hydrogen) atoms. The first-order valence-corrected chi connectivity index (χ1v) is 4.87. The van der Waals surface area contributed by atoms with E-state index in [1.807, 2.05) is 0 Å². The van der Waals surface area contributed by atoms with Crippen molar-refractivity contribution in [3.05, 3.63) is 0 Å². The number of hydrogen-bond donors (Lipinski definition) is 5. The zero-order valence-electron chi connectivity index (χ0n) is 8.34. The van der Waals surface area contributed by atoms with Crippen molar-refractivity contribution < 1.29 is 79.2 Å². The van der Waals surface area contributed by atoms with E-state index in [1.165, 1.54) is 0 Å². The van der Waals surface area contributed by atoms with Crippen molar-refractivity contribution in [3.8, 4) is 0 Å². The van der Waals surface area contributed by atoms with Crippen LogP contribution in [0.3, 0.4) is 0 Å². The molecule has 0 aliphatic rings. The Morgan fingerprint density at radius 1 is 1.00 bits per heavy atom. The fourth-order valence-corrected chi connectivity index (χ4v) is 0.622. The Kier molecular flexibility index (Phi) is 22.0. The third-order valence-corrected chi connectivity index (χ3v) is 0.758. The molecule has 0 saturated heterocycles. The molecule has 102 valence electrons. The van der Waals surface area contributed by atoms with Crippen LogP contribution in [0.15, 0.2) is 0 Å². The van der Waals surface area contributed by atoms with Gasteiger partial charge >= 0.3 is 46.1 Å². The Labute approximate surface area is 118 Å². The quantitative estimate of drug-likeness (QED) is 0.109. The Morgan fingerprint density at radius 2 is 1.24 bits per heavy atom. The van der Waals surface area contributed by atoms with Crippen LogP contribution in [0.25, 0.3) is 0 Å². The molecule has 0 aliphatic carbocycles.